The summed E-state index contributed by atoms with van der Waals surface area (Å²) in [6.45, 7) is 6.16. The lowest BCUT2D eigenvalue weighted by Crippen LogP contribution is -2.54. The van der Waals surface area contributed by atoms with Crippen LogP contribution in [0.3, 0.4) is 0 Å². The smallest absolute Gasteiger partial charge is 0.225 e. The van der Waals surface area contributed by atoms with E-state index in [-0.39, 0.29) is 17.8 Å². The number of halogens is 1. The number of benzene rings is 2. The maximum Gasteiger partial charge on any atom is 0.225 e. The van der Waals surface area contributed by atoms with Crippen molar-refractivity contribution in [3.63, 3.8) is 0 Å². The van der Waals surface area contributed by atoms with Gasteiger partial charge in [0.15, 0.2) is 0 Å². The van der Waals surface area contributed by atoms with Crippen LogP contribution in [0.4, 0.5) is 10.2 Å². The number of anilines is 1. The minimum absolute atomic E-state index is 0.00886. The van der Waals surface area contributed by atoms with E-state index in [9.17, 15) is 10.1 Å². The number of nitrogens with zero attached hydrogens (tertiary/aromatic N) is 4. The van der Waals surface area contributed by atoms with Crippen LogP contribution in [0.25, 0.3) is 22.3 Å². The molecule has 0 radical (unpaired) electrons. The fraction of sp³-hybridized carbons (Fsp3) is 0.387. The van der Waals surface area contributed by atoms with Crippen molar-refractivity contribution in [3.8, 4) is 28.3 Å². The van der Waals surface area contributed by atoms with Gasteiger partial charge in [0.25, 0.3) is 0 Å². The summed E-state index contributed by atoms with van der Waals surface area (Å²) >= 11 is 0. The first-order valence-electron chi connectivity index (χ1n) is 13.3. The van der Waals surface area contributed by atoms with Gasteiger partial charge < -0.3 is 14.5 Å². The molecule has 1 saturated carbocycles. The Morgan fingerprint density at radius 2 is 1.92 bits per heavy atom. The lowest BCUT2D eigenvalue weighted by atomic mass is 9.92. The first-order valence-corrected chi connectivity index (χ1v) is 13.3. The van der Waals surface area contributed by atoms with Crippen molar-refractivity contribution in [2.24, 2.45) is 0 Å². The first-order chi connectivity index (χ1) is 18.4. The first kappa shape index (κ1) is 25.9. The van der Waals surface area contributed by atoms with E-state index in [1.54, 1.807) is 13.2 Å². The molecule has 2 fully saturated rings. The van der Waals surface area contributed by atoms with Gasteiger partial charge in [-0.3, -0.25) is 4.79 Å². The quantitative estimate of drug-likeness (QED) is 0.407. The van der Waals surface area contributed by atoms with E-state index in [0.717, 1.165) is 40.8 Å². The molecule has 0 N–H and O–H groups in total. The number of aromatic nitrogens is 1. The second-order valence-corrected chi connectivity index (χ2v) is 10.3. The molecule has 2 heterocycles. The Kier molecular flexibility index (Phi) is 7.44. The number of ether oxygens (including phenoxy) is 1. The molecule has 6 nitrogen and oxygen atoms in total. The van der Waals surface area contributed by atoms with E-state index in [1.807, 2.05) is 61.2 Å². The number of carbonyl (C=O) groups excluding carboxylic acids is 1. The average molecular weight is 513 g/mol. The normalized spacial score (nSPS) is 17.4. The molecule has 1 aromatic heterocycles. The number of hydrogen-bond donors (Lipinski definition) is 0. The molecular formula is C31H33FN4O2. The minimum Gasteiger partial charge on any atom is -0.384 e. The standard InChI is InChI=1S/C31H33FN4O2/c1-20-19-35(14-15-36(20)28(37)13-16-38-3)31-26(18-33)21(2)29(30(34-31)23-9-10-23)24-11-12-25(27(32)17-24)22-7-5-4-6-8-22/h4-8,11-12,17,20,23H,9-10,13-16,19H2,1-3H3. The van der Waals surface area contributed by atoms with Crippen LogP contribution in [0.15, 0.2) is 48.5 Å². The predicted octanol–water partition coefficient (Wildman–Crippen LogP) is 5.69. The number of hydrogen-bond acceptors (Lipinski definition) is 5. The summed E-state index contributed by atoms with van der Waals surface area (Å²) in [7, 11) is 1.60. The van der Waals surface area contributed by atoms with Crippen molar-refractivity contribution < 1.29 is 13.9 Å². The molecule has 3 aromatic rings. The Morgan fingerprint density at radius 1 is 1.16 bits per heavy atom. The molecule has 1 unspecified atom stereocenters. The summed E-state index contributed by atoms with van der Waals surface area (Å²) < 4.78 is 20.4. The zero-order chi connectivity index (χ0) is 26.8. The highest BCUT2D eigenvalue weighted by atomic mass is 19.1. The van der Waals surface area contributed by atoms with Gasteiger partial charge in [0.05, 0.1) is 24.3 Å². The highest BCUT2D eigenvalue weighted by Gasteiger charge is 2.34. The Bertz CT molecular complexity index is 1380. The summed E-state index contributed by atoms with van der Waals surface area (Å²) in [5.74, 6) is 0.772. The Morgan fingerprint density at radius 3 is 2.55 bits per heavy atom. The van der Waals surface area contributed by atoms with Crippen LogP contribution in [0.1, 0.15) is 48.9 Å². The van der Waals surface area contributed by atoms with Crippen LogP contribution in [0.2, 0.25) is 0 Å². The van der Waals surface area contributed by atoms with Crippen LogP contribution in [0.5, 0.6) is 0 Å². The van der Waals surface area contributed by atoms with Gasteiger partial charge in [0.2, 0.25) is 5.91 Å². The van der Waals surface area contributed by atoms with E-state index in [4.69, 9.17) is 9.72 Å². The highest BCUT2D eigenvalue weighted by molar-refractivity contribution is 5.80. The number of pyridine rings is 1. The molecule has 0 spiro atoms. The van der Waals surface area contributed by atoms with Crippen molar-refractivity contribution in [1.29, 1.82) is 5.26 Å². The maximum absolute atomic E-state index is 15.3. The monoisotopic (exact) mass is 512 g/mol. The van der Waals surface area contributed by atoms with Gasteiger partial charge in [-0.05, 0) is 49.4 Å². The van der Waals surface area contributed by atoms with Gasteiger partial charge in [-0.2, -0.15) is 5.26 Å². The molecule has 5 rings (SSSR count). The predicted molar refractivity (Wildman–Crippen MR) is 146 cm³/mol. The summed E-state index contributed by atoms with van der Waals surface area (Å²) in [4.78, 5) is 21.7. The summed E-state index contributed by atoms with van der Waals surface area (Å²) in [5, 5.41) is 10.2. The van der Waals surface area contributed by atoms with Gasteiger partial charge in [0, 0.05) is 49.8 Å². The number of piperazine rings is 1. The third-order valence-corrected chi connectivity index (χ3v) is 7.64. The molecule has 2 aromatic carbocycles. The maximum atomic E-state index is 15.3. The number of rotatable bonds is 7. The molecule has 38 heavy (non-hydrogen) atoms. The molecule has 1 atom stereocenters. The molecule has 0 bridgehead atoms. The second-order valence-electron chi connectivity index (χ2n) is 10.3. The molecular weight excluding hydrogens is 479 g/mol. The fourth-order valence-electron chi connectivity index (χ4n) is 5.47. The molecule has 196 valence electrons. The third kappa shape index (κ3) is 5.01. The fourth-order valence-corrected chi connectivity index (χ4v) is 5.47. The number of amides is 1. The Labute approximate surface area is 223 Å². The molecule has 1 amide bonds. The van der Waals surface area contributed by atoms with Crippen LogP contribution in [-0.2, 0) is 9.53 Å². The van der Waals surface area contributed by atoms with Crippen molar-refractivity contribution >= 4 is 11.7 Å². The van der Waals surface area contributed by atoms with Crippen molar-refractivity contribution in [3.05, 3.63) is 71.2 Å². The van der Waals surface area contributed by atoms with Crippen LogP contribution >= 0.6 is 0 Å². The minimum atomic E-state index is -0.291. The van der Waals surface area contributed by atoms with Gasteiger partial charge >= 0.3 is 0 Å². The highest BCUT2D eigenvalue weighted by Crippen LogP contribution is 2.47. The van der Waals surface area contributed by atoms with E-state index >= 15 is 4.39 Å². The molecule has 1 saturated heterocycles. The topological polar surface area (TPSA) is 69.5 Å². The summed E-state index contributed by atoms with van der Waals surface area (Å²) in [6.07, 6.45) is 2.43. The number of methoxy groups -OCH3 is 1. The SMILES string of the molecule is COCCC(=O)N1CCN(c2nc(C3CC3)c(-c3ccc(-c4ccccc4)c(F)c3)c(C)c2C#N)CC1C. The molecule has 1 aliphatic heterocycles. The summed E-state index contributed by atoms with van der Waals surface area (Å²) in [5.41, 5.74) is 5.29. The van der Waals surface area contributed by atoms with E-state index in [1.165, 1.54) is 0 Å². The average Bonchev–Trinajstić information content (AvgIpc) is 3.77. The van der Waals surface area contributed by atoms with Crippen LogP contribution in [-0.4, -0.2) is 55.2 Å². The Balaban J connectivity index is 1.50. The van der Waals surface area contributed by atoms with Crippen LogP contribution < -0.4 is 4.90 Å². The van der Waals surface area contributed by atoms with Crippen molar-refractivity contribution in [1.82, 2.24) is 9.88 Å². The Hall–Kier alpha value is -3.76. The van der Waals surface area contributed by atoms with Crippen molar-refractivity contribution in [2.75, 3.05) is 38.3 Å². The lowest BCUT2D eigenvalue weighted by Gasteiger charge is -2.41. The largest absolute Gasteiger partial charge is 0.384 e. The molecule has 1 aliphatic carbocycles. The van der Waals surface area contributed by atoms with E-state index < -0.39 is 0 Å². The van der Waals surface area contributed by atoms with Gasteiger partial charge in [-0.15, -0.1) is 0 Å². The third-order valence-electron chi connectivity index (χ3n) is 7.64. The number of nitriles is 1. The molecule has 2 aliphatic rings. The van der Waals surface area contributed by atoms with E-state index in [2.05, 4.69) is 11.0 Å². The van der Waals surface area contributed by atoms with Gasteiger partial charge in [-0.1, -0.05) is 42.5 Å². The zero-order valence-corrected chi connectivity index (χ0v) is 22.2. The lowest BCUT2D eigenvalue weighted by molar-refractivity contribution is -0.134. The molecule has 7 heteroatoms. The van der Waals surface area contributed by atoms with Crippen molar-refractivity contribution in [2.45, 2.75) is 45.1 Å². The van der Waals surface area contributed by atoms with Gasteiger partial charge in [0.1, 0.15) is 17.7 Å². The van der Waals surface area contributed by atoms with Gasteiger partial charge in [-0.25, -0.2) is 9.37 Å². The second kappa shape index (κ2) is 10.9. The number of carbonyl (C=O) groups is 1. The van der Waals surface area contributed by atoms with Crippen LogP contribution in [0, 0.1) is 24.1 Å². The zero-order valence-electron chi connectivity index (χ0n) is 22.2. The summed E-state index contributed by atoms with van der Waals surface area (Å²) in [6, 6.07) is 17.2. The van der Waals surface area contributed by atoms with E-state index in [0.29, 0.717) is 55.5 Å².